The van der Waals surface area contributed by atoms with Gasteiger partial charge in [-0.1, -0.05) is 30.3 Å². The minimum atomic E-state index is -0.616. The maximum Gasteiger partial charge on any atom is 0.239 e. The predicted octanol–water partition coefficient (Wildman–Crippen LogP) is 2.97. The number of anilines is 1. The van der Waals surface area contributed by atoms with Crippen LogP contribution in [-0.2, 0) is 9.59 Å². The highest BCUT2D eigenvalue weighted by Gasteiger charge is 2.38. The fraction of sp³-hybridized carbons (Fsp3) is 0.263. The molecule has 0 aliphatic carbocycles. The fourth-order valence-electron chi connectivity index (χ4n) is 2.84. The molecule has 2 aromatic rings. The van der Waals surface area contributed by atoms with Crippen LogP contribution in [0.4, 0.5) is 5.69 Å². The van der Waals surface area contributed by atoms with E-state index in [1.807, 2.05) is 61.5 Å². The molecule has 1 heterocycles. The maximum atomic E-state index is 12.6. The topological polar surface area (TPSA) is 58.6 Å². The Morgan fingerprint density at radius 1 is 1.17 bits per heavy atom. The zero-order chi connectivity index (χ0) is 16.9. The average Bonchev–Trinajstić information content (AvgIpc) is 2.98. The summed E-state index contributed by atoms with van der Waals surface area (Å²) in [6, 6.07) is 16.8. The second-order valence-corrected chi connectivity index (χ2v) is 5.61. The van der Waals surface area contributed by atoms with Crippen molar-refractivity contribution in [2.24, 2.45) is 5.92 Å². The molecule has 5 heteroatoms. The third-order valence-corrected chi connectivity index (χ3v) is 4.00. The summed E-state index contributed by atoms with van der Waals surface area (Å²) in [5, 5.41) is 2.73. The number of carbonyl (C=O) groups excluding carboxylic acids is 2. The van der Waals surface area contributed by atoms with Gasteiger partial charge in [-0.15, -0.1) is 0 Å². The lowest BCUT2D eigenvalue weighted by molar-refractivity contribution is -0.132. The Balaban J connectivity index is 1.83. The van der Waals surface area contributed by atoms with Crippen LogP contribution in [0.3, 0.4) is 0 Å². The van der Waals surface area contributed by atoms with E-state index in [0.29, 0.717) is 36.7 Å². The number of hydrogen-bond acceptors (Lipinski definition) is 3. The van der Waals surface area contributed by atoms with E-state index >= 15 is 0 Å². The molecule has 0 aromatic heterocycles. The minimum absolute atomic E-state index is 0.176. The summed E-state index contributed by atoms with van der Waals surface area (Å²) in [6.45, 7) is 2.88. The highest BCUT2D eigenvalue weighted by Crippen LogP contribution is 2.35. The first-order chi connectivity index (χ1) is 11.7. The summed E-state index contributed by atoms with van der Waals surface area (Å²) in [7, 11) is 0. The molecule has 0 radical (unpaired) electrons. The van der Waals surface area contributed by atoms with E-state index < -0.39 is 5.92 Å². The molecule has 124 valence electrons. The SMILES string of the molecule is CCNC(=O)[C@H]1CCN(c2ccccc2Oc2ccccc2)C1=O. The summed E-state index contributed by atoms with van der Waals surface area (Å²) in [4.78, 5) is 26.3. The Bertz CT molecular complexity index is 730. The van der Waals surface area contributed by atoms with Gasteiger partial charge >= 0.3 is 0 Å². The number of benzene rings is 2. The molecule has 2 aromatic carbocycles. The van der Waals surface area contributed by atoms with Gasteiger partial charge in [-0.25, -0.2) is 0 Å². The molecular weight excluding hydrogens is 304 g/mol. The minimum Gasteiger partial charge on any atom is -0.455 e. The van der Waals surface area contributed by atoms with Crippen molar-refractivity contribution in [2.75, 3.05) is 18.0 Å². The summed E-state index contributed by atoms with van der Waals surface area (Å²) in [5.41, 5.74) is 0.693. The van der Waals surface area contributed by atoms with Gasteiger partial charge in [0.25, 0.3) is 0 Å². The Hall–Kier alpha value is -2.82. The number of hydrogen-bond donors (Lipinski definition) is 1. The molecule has 24 heavy (non-hydrogen) atoms. The Kier molecular flexibility index (Phi) is 4.79. The van der Waals surface area contributed by atoms with Crippen LogP contribution in [0.1, 0.15) is 13.3 Å². The second-order valence-electron chi connectivity index (χ2n) is 5.61. The standard InChI is InChI=1S/C19H20N2O3/c1-2-20-18(22)15-12-13-21(19(15)23)16-10-6-7-11-17(16)24-14-8-4-3-5-9-14/h3-11,15H,2,12-13H2,1H3,(H,20,22)/t15-/m1/s1. The normalized spacial score (nSPS) is 17.0. The third kappa shape index (κ3) is 3.25. The van der Waals surface area contributed by atoms with Crippen LogP contribution in [0.15, 0.2) is 54.6 Å². The summed E-state index contributed by atoms with van der Waals surface area (Å²) in [5.74, 6) is 0.316. The van der Waals surface area contributed by atoms with Gasteiger partial charge in [0.1, 0.15) is 11.7 Å². The molecule has 5 nitrogen and oxygen atoms in total. The molecule has 1 N–H and O–H groups in total. The van der Waals surface area contributed by atoms with Crippen molar-refractivity contribution in [1.29, 1.82) is 0 Å². The van der Waals surface area contributed by atoms with Crippen molar-refractivity contribution in [3.05, 3.63) is 54.6 Å². The van der Waals surface area contributed by atoms with E-state index in [1.165, 1.54) is 0 Å². The van der Waals surface area contributed by atoms with Crippen molar-refractivity contribution >= 4 is 17.5 Å². The van der Waals surface area contributed by atoms with Gasteiger partial charge in [0, 0.05) is 13.1 Å². The van der Waals surface area contributed by atoms with Crippen molar-refractivity contribution in [1.82, 2.24) is 5.32 Å². The highest BCUT2D eigenvalue weighted by atomic mass is 16.5. The van der Waals surface area contributed by atoms with Crippen molar-refractivity contribution in [2.45, 2.75) is 13.3 Å². The molecule has 1 aliphatic rings. The number of ether oxygens (including phenoxy) is 1. The van der Waals surface area contributed by atoms with Gasteiger partial charge in [0.05, 0.1) is 5.69 Å². The smallest absolute Gasteiger partial charge is 0.239 e. The molecule has 0 unspecified atom stereocenters. The van der Waals surface area contributed by atoms with Crippen LogP contribution >= 0.6 is 0 Å². The Labute approximate surface area is 141 Å². The predicted molar refractivity (Wildman–Crippen MR) is 92.1 cm³/mol. The van der Waals surface area contributed by atoms with Crippen LogP contribution in [0.5, 0.6) is 11.5 Å². The first-order valence-corrected chi connectivity index (χ1v) is 8.11. The van der Waals surface area contributed by atoms with Gasteiger partial charge in [-0.2, -0.15) is 0 Å². The largest absolute Gasteiger partial charge is 0.455 e. The van der Waals surface area contributed by atoms with Crippen molar-refractivity contribution < 1.29 is 14.3 Å². The number of para-hydroxylation sites is 3. The van der Waals surface area contributed by atoms with Crippen molar-refractivity contribution in [3.63, 3.8) is 0 Å². The molecular formula is C19H20N2O3. The molecule has 1 aliphatic heterocycles. The lowest BCUT2D eigenvalue weighted by Gasteiger charge is -2.20. The van der Waals surface area contributed by atoms with Gasteiger partial charge in [0.15, 0.2) is 5.75 Å². The number of nitrogens with zero attached hydrogens (tertiary/aromatic N) is 1. The molecule has 1 atom stereocenters. The second kappa shape index (κ2) is 7.17. The summed E-state index contributed by atoms with van der Waals surface area (Å²) < 4.78 is 5.92. The number of carbonyl (C=O) groups is 2. The molecule has 3 rings (SSSR count). The first-order valence-electron chi connectivity index (χ1n) is 8.11. The Morgan fingerprint density at radius 2 is 1.88 bits per heavy atom. The van der Waals surface area contributed by atoms with Crippen LogP contribution in [0, 0.1) is 5.92 Å². The van der Waals surface area contributed by atoms with Crippen LogP contribution < -0.4 is 15.0 Å². The van der Waals surface area contributed by atoms with Crippen molar-refractivity contribution in [3.8, 4) is 11.5 Å². The number of amides is 2. The summed E-state index contributed by atoms with van der Waals surface area (Å²) in [6.07, 6.45) is 0.518. The molecule has 1 saturated heterocycles. The zero-order valence-corrected chi connectivity index (χ0v) is 13.6. The van der Waals surface area contributed by atoms with Gasteiger partial charge in [-0.05, 0) is 37.6 Å². The molecule has 0 saturated carbocycles. The maximum absolute atomic E-state index is 12.6. The van der Waals surface area contributed by atoms with Crippen LogP contribution in [0.25, 0.3) is 0 Å². The highest BCUT2D eigenvalue weighted by molar-refractivity contribution is 6.10. The molecule has 2 amide bonds. The van der Waals surface area contributed by atoms with E-state index in [-0.39, 0.29) is 11.8 Å². The zero-order valence-electron chi connectivity index (χ0n) is 13.6. The lowest BCUT2D eigenvalue weighted by atomic mass is 10.1. The van der Waals surface area contributed by atoms with E-state index in [0.717, 1.165) is 0 Å². The van der Waals surface area contributed by atoms with Crippen LogP contribution in [0.2, 0.25) is 0 Å². The molecule has 1 fully saturated rings. The van der Waals surface area contributed by atoms with E-state index in [1.54, 1.807) is 4.90 Å². The number of nitrogens with one attached hydrogen (secondary N) is 1. The number of rotatable bonds is 5. The Morgan fingerprint density at radius 3 is 2.62 bits per heavy atom. The first kappa shape index (κ1) is 16.1. The summed E-state index contributed by atoms with van der Waals surface area (Å²) >= 11 is 0. The van der Waals surface area contributed by atoms with E-state index in [4.69, 9.17) is 4.74 Å². The molecule has 0 bridgehead atoms. The quantitative estimate of drug-likeness (QED) is 0.860. The van der Waals surface area contributed by atoms with E-state index in [9.17, 15) is 9.59 Å². The van der Waals surface area contributed by atoms with Gasteiger partial charge < -0.3 is 15.0 Å². The third-order valence-electron chi connectivity index (χ3n) is 4.00. The fourth-order valence-corrected chi connectivity index (χ4v) is 2.84. The molecule has 0 spiro atoms. The lowest BCUT2D eigenvalue weighted by Crippen LogP contribution is -2.36. The monoisotopic (exact) mass is 324 g/mol. The van der Waals surface area contributed by atoms with Gasteiger partial charge in [0.2, 0.25) is 11.8 Å². The van der Waals surface area contributed by atoms with Gasteiger partial charge in [-0.3, -0.25) is 9.59 Å². The average molecular weight is 324 g/mol. The van der Waals surface area contributed by atoms with Crippen LogP contribution in [-0.4, -0.2) is 24.9 Å². The van der Waals surface area contributed by atoms with E-state index in [2.05, 4.69) is 5.32 Å².